The normalized spacial score (nSPS) is 14.7. The van der Waals surface area contributed by atoms with E-state index in [1.165, 1.54) is 28.9 Å². The lowest BCUT2D eigenvalue weighted by molar-refractivity contribution is -0.156. The number of aromatic amines is 1. The Hall–Kier alpha value is -5.01. The van der Waals surface area contributed by atoms with Crippen LogP contribution in [-0.2, 0) is 14.3 Å². The minimum absolute atomic E-state index is 0.0564. The van der Waals surface area contributed by atoms with Crippen molar-refractivity contribution in [1.29, 1.82) is 0 Å². The maximum absolute atomic E-state index is 13.6. The number of piperazine rings is 1. The van der Waals surface area contributed by atoms with Crippen molar-refractivity contribution in [3.05, 3.63) is 64.2 Å². The summed E-state index contributed by atoms with van der Waals surface area (Å²) in [7, 11) is 0. The zero-order chi connectivity index (χ0) is 29.7. The summed E-state index contributed by atoms with van der Waals surface area (Å²) >= 11 is 0. The quantitative estimate of drug-likeness (QED) is 0.338. The van der Waals surface area contributed by atoms with Crippen LogP contribution in [0.1, 0.15) is 36.5 Å². The first-order valence-electron chi connectivity index (χ1n) is 13.1. The van der Waals surface area contributed by atoms with Crippen LogP contribution >= 0.6 is 0 Å². The average molecular weight is 566 g/mol. The molecule has 1 fully saturated rings. The first-order valence-corrected chi connectivity index (χ1v) is 13.1. The summed E-state index contributed by atoms with van der Waals surface area (Å²) in [5.74, 6) is -3.13. The number of ether oxygens (including phenoxy) is 1. The zero-order valence-electron chi connectivity index (χ0n) is 22.9. The first-order chi connectivity index (χ1) is 19.6. The molecule has 0 aliphatic carbocycles. The first kappa shape index (κ1) is 29.0. The van der Waals surface area contributed by atoms with Gasteiger partial charge in [0, 0.05) is 49.6 Å². The van der Waals surface area contributed by atoms with Crippen molar-refractivity contribution in [2.75, 3.05) is 32.8 Å². The molecule has 0 bridgehead atoms. The second-order valence-electron chi connectivity index (χ2n) is 9.41. The molecule has 1 aromatic carbocycles. The Morgan fingerprint density at radius 3 is 2.24 bits per heavy atom. The summed E-state index contributed by atoms with van der Waals surface area (Å²) < 4.78 is 6.13. The van der Waals surface area contributed by atoms with Gasteiger partial charge in [0.05, 0.1) is 6.61 Å². The van der Waals surface area contributed by atoms with Gasteiger partial charge in [-0.3, -0.25) is 19.5 Å². The minimum atomic E-state index is -2.30. The van der Waals surface area contributed by atoms with Crippen molar-refractivity contribution in [2.24, 2.45) is 0 Å². The molecule has 41 heavy (non-hydrogen) atoms. The van der Waals surface area contributed by atoms with E-state index in [9.17, 15) is 29.1 Å². The summed E-state index contributed by atoms with van der Waals surface area (Å²) in [6, 6.07) is 11.3. The second kappa shape index (κ2) is 12.0. The molecule has 0 radical (unpaired) electrons. The number of hydrogen-bond acceptors (Lipinski definition) is 8. The maximum Gasteiger partial charge on any atom is 0.409 e. The topological polar surface area (TPSA) is 180 Å². The number of amides is 3. The molecule has 1 saturated heterocycles. The van der Waals surface area contributed by atoms with Gasteiger partial charge < -0.3 is 25.0 Å². The Kier molecular flexibility index (Phi) is 8.50. The van der Waals surface area contributed by atoms with Gasteiger partial charge in [0.1, 0.15) is 5.69 Å². The van der Waals surface area contributed by atoms with Gasteiger partial charge in [-0.1, -0.05) is 37.3 Å². The summed E-state index contributed by atoms with van der Waals surface area (Å²) in [5.41, 5.74) is -1.86. The smallest absolute Gasteiger partial charge is 0.409 e. The van der Waals surface area contributed by atoms with Crippen LogP contribution < -0.4 is 10.9 Å². The predicted octanol–water partition coefficient (Wildman–Crippen LogP) is 1.19. The highest BCUT2D eigenvalue weighted by Crippen LogP contribution is 2.21. The van der Waals surface area contributed by atoms with Gasteiger partial charge in [-0.2, -0.15) is 0 Å². The van der Waals surface area contributed by atoms with Crippen LogP contribution in [0.3, 0.4) is 0 Å². The fourth-order valence-corrected chi connectivity index (χ4v) is 4.49. The Morgan fingerprint density at radius 1 is 1.02 bits per heavy atom. The zero-order valence-corrected chi connectivity index (χ0v) is 22.9. The van der Waals surface area contributed by atoms with Crippen LogP contribution in [0.4, 0.5) is 4.79 Å². The molecule has 3 amide bonds. The van der Waals surface area contributed by atoms with E-state index in [1.807, 2.05) is 0 Å². The second-order valence-corrected chi connectivity index (χ2v) is 9.41. The standard InChI is InChI=1S/C27H31N7O7/c1-4-27(25(38)39,24(37)32-11-13-33(14-12-32)26(40)41-5-2)30-23(36)19-16-20(34-21(35)15-17(3)31-34)29-22(28-19)18-9-7-6-8-10-18/h6-10,15-16,31H,4-5,11-14H2,1-3H3,(H,30,36)(H,38,39)/t27-/m0/s1. The van der Waals surface area contributed by atoms with E-state index < -0.39 is 35.0 Å². The van der Waals surface area contributed by atoms with Gasteiger partial charge in [0.2, 0.25) is 5.54 Å². The number of carboxylic acid groups (broad SMARTS) is 1. The van der Waals surface area contributed by atoms with Crippen molar-refractivity contribution >= 4 is 23.9 Å². The van der Waals surface area contributed by atoms with Crippen LogP contribution in [0, 0.1) is 6.92 Å². The van der Waals surface area contributed by atoms with E-state index >= 15 is 0 Å². The molecular formula is C27H31N7O7. The van der Waals surface area contributed by atoms with E-state index in [2.05, 4.69) is 20.4 Å². The number of nitrogens with zero attached hydrogens (tertiary/aromatic N) is 5. The Bertz CT molecular complexity index is 1510. The summed E-state index contributed by atoms with van der Waals surface area (Å²) in [5, 5.41) is 15.5. The molecule has 3 aromatic rings. The lowest BCUT2D eigenvalue weighted by atomic mass is 9.93. The highest BCUT2D eigenvalue weighted by Gasteiger charge is 2.49. The van der Waals surface area contributed by atoms with Gasteiger partial charge >= 0.3 is 12.1 Å². The number of benzene rings is 1. The Balaban J connectivity index is 1.66. The summed E-state index contributed by atoms with van der Waals surface area (Å²) in [6.07, 6.45) is -0.776. The predicted molar refractivity (Wildman–Crippen MR) is 145 cm³/mol. The molecule has 2 aromatic heterocycles. The molecule has 0 unspecified atom stereocenters. The Morgan fingerprint density at radius 2 is 1.68 bits per heavy atom. The van der Waals surface area contributed by atoms with Crippen LogP contribution in [0.5, 0.6) is 0 Å². The van der Waals surface area contributed by atoms with E-state index in [1.54, 1.807) is 44.2 Å². The van der Waals surface area contributed by atoms with E-state index in [4.69, 9.17) is 4.74 Å². The lowest BCUT2D eigenvalue weighted by Crippen LogP contribution is -2.66. The van der Waals surface area contributed by atoms with E-state index in [0.29, 0.717) is 11.3 Å². The van der Waals surface area contributed by atoms with Gasteiger partial charge in [0.25, 0.3) is 17.4 Å². The van der Waals surface area contributed by atoms with Crippen molar-refractivity contribution in [3.63, 3.8) is 0 Å². The fraction of sp³-hybridized carbons (Fsp3) is 0.370. The monoisotopic (exact) mass is 565 g/mol. The average Bonchev–Trinajstić information content (AvgIpc) is 3.33. The molecule has 3 N–H and O–H groups in total. The molecule has 0 spiro atoms. The highest BCUT2D eigenvalue weighted by molar-refractivity contribution is 6.11. The largest absolute Gasteiger partial charge is 0.479 e. The van der Waals surface area contributed by atoms with Gasteiger partial charge in [-0.25, -0.2) is 24.2 Å². The molecule has 0 saturated carbocycles. The molecule has 14 nitrogen and oxygen atoms in total. The number of carbonyl (C=O) groups is 4. The number of aromatic nitrogens is 4. The van der Waals surface area contributed by atoms with Gasteiger partial charge in [-0.05, 0) is 20.3 Å². The van der Waals surface area contributed by atoms with Crippen molar-refractivity contribution in [3.8, 4) is 17.2 Å². The molecule has 14 heteroatoms. The van der Waals surface area contributed by atoms with E-state index in [0.717, 1.165) is 4.68 Å². The van der Waals surface area contributed by atoms with E-state index in [-0.39, 0.29) is 56.5 Å². The van der Waals surface area contributed by atoms with Crippen molar-refractivity contribution < 1.29 is 29.0 Å². The Labute approximate surface area is 234 Å². The van der Waals surface area contributed by atoms with Crippen LogP contribution in [0.2, 0.25) is 0 Å². The third-order valence-corrected chi connectivity index (χ3v) is 6.74. The molecule has 1 aliphatic heterocycles. The van der Waals surface area contributed by atoms with Gasteiger partial charge in [-0.15, -0.1) is 0 Å². The van der Waals surface area contributed by atoms with Crippen LogP contribution in [0.25, 0.3) is 17.2 Å². The molecule has 3 heterocycles. The summed E-state index contributed by atoms with van der Waals surface area (Å²) in [6.45, 7) is 5.48. The third kappa shape index (κ3) is 5.95. The minimum Gasteiger partial charge on any atom is -0.479 e. The highest BCUT2D eigenvalue weighted by atomic mass is 16.6. The fourth-order valence-electron chi connectivity index (χ4n) is 4.49. The van der Waals surface area contributed by atoms with Crippen LogP contribution in [0.15, 0.2) is 47.3 Å². The molecule has 216 valence electrons. The molecule has 1 atom stereocenters. The number of carboxylic acids is 1. The molecular weight excluding hydrogens is 534 g/mol. The van der Waals surface area contributed by atoms with Gasteiger partial charge in [0.15, 0.2) is 11.6 Å². The number of carbonyl (C=O) groups excluding carboxylic acids is 3. The number of rotatable bonds is 8. The number of H-pyrrole nitrogens is 1. The van der Waals surface area contributed by atoms with Crippen molar-refractivity contribution in [1.82, 2.24) is 34.9 Å². The maximum atomic E-state index is 13.6. The molecule has 4 rings (SSSR count). The number of aryl methyl sites for hydroxylation is 1. The number of aliphatic carboxylic acids is 1. The third-order valence-electron chi connectivity index (χ3n) is 6.74. The number of hydrogen-bond donors (Lipinski definition) is 3. The van der Waals surface area contributed by atoms with Crippen LogP contribution in [-0.4, -0.2) is 96.9 Å². The SMILES string of the molecule is CCOC(=O)N1CCN(C(=O)[C@](CC)(NC(=O)c2cc(-n3[nH]c(C)cc3=O)nc(-c3ccccc3)n2)C(=O)O)CC1. The number of nitrogens with one attached hydrogen (secondary N) is 2. The molecule has 1 aliphatic rings. The van der Waals surface area contributed by atoms with Crippen molar-refractivity contribution in [2.45, 2.75) is 32.7 Å². The summed E-state index contributed by atoms with van der Waals surface area (Å²) in [4.78, 5) is 75.8. The lowest BCUT2D eigenvalue weighted by Gasteiger charge is -2.38.